The van der Waals surface area contributed by atoms with E-state index in [0.29, 0.717) is 23.2 Å². The van der Waals surface area contributed by atoms with Gasteiger partial charge in [0.1, 0.15) is 5.69 Å². The maximum atomic E-state index is 12.3. The standard InChI is InChI=1S/C17H18N6O2/c24-17(15-9-16(25-22-15)14-3-1-2-6-19-14)21-12-10-20-23(11-12)13-4-7-18-8-5-13/h1-3,6,9-11,13,18H,4-5,7-8H2,(H,21,24). The van der Waals surface area contributed by atoms with Gasteiger partial charge in [-0.3, -0.25) is 14.5 Å². The van der Waals surface area contributed by atoms with E-state index in [1.165, 1.54) is 0 Å². The lowest BCUT2D eigenvalue weighted by Gasteiger charge is -2.22. The van der Waals surface area contributed by atoms with E-state index in [9.17, 15) is 4.79 Å². The molecule has 0 unspecified atom stereocenters. The summed E-state index contributed by atoms with van der Waals surface area (Å²) in [7, 11) is 0. The number of piperidine rings is 1. The maximum Gasteiger partial charge on any atom is 0.277 e. The van der Waals surface area contributed by atoms with Crippen LogP contribution in [0.2, 0.25) is 0 Å². The third kappa shape index (κ3) is 3.43. The summed E-state index contributed by atoms with van der Waals surface area (Å²) in [6, 6.07) is 7.41. The Morgan fingerprint density at radius 3 is 3.00 bits per heavy atom. The Bertz CT molecular complexity index is 851. The molecule has 25 heavy (non-hydrogen) atoms. The highest BCUT2D eigenvalue weighted by atomic mass is 16.5. The zero-order valence-corrected chi connectivity index (χ0v) is 13.6. The minimum atomic E-state index is -0.337. The summed E-state index contributed by atoms with van der Waals surface area (Å²) >= 11 is 0. The summed E-state index contributed by atoms with van der Waals surface area (Å²) < 4.78 is 7.12. The molecule has 0 spiro atoms. The first-order chi connectivity index (χ1) is 12.3. The SMILES string of the molecule is O=C(Nc1cnn(C2CCNCC2)c1)c1cc(-c2ccccn2)on1. The van der Waals surface area contributed by atoms with E-state index in [2.05, 4.69) is 25.9 Å². The third-order valence-electron chi connectivity index (χ3n) is 4.20. The predicted octanol–water partition coefficient (Wildman–Crippen LogP) is 2.11. The van der Waals surface area contributed by atoms with Crippen molar-refractivity contribution in [1.29, 1.82) is 0 Å². The summed E-state index contributed by atoms with van der Waals surface area (Å²) in [5.74, 6) is 0.118. The van der Waals surface area contributed by atoms with Crippen molar-refractivity contribution in [2.45, 2.75) is 18.9 Å². The van der Waals surface area contributed by atoms with Gasteiger partial charge in [0, 0.05) is 18.5 Å². The molecule has 1 amide bonds. The fourth-order valence-corrected chi connectivity index (χ4v) is 2.88. The zero-order chi connectivity index (χ0) is 17.1. The number of pyridine rings is 1. The first-order valence-corrected chi connectivity index (χ1v) is 8.24. The van der Waals surface area contributed by atoms with Crippen molar-refractivity contribution in [1.82, 2.24) is 25.2 Å². The number of carbonyl (C=O) groups is 1. The molecule has 3 aromatic heterocycles. The highest BCUT2D eigenvalue weighted by Gasteiger charge is 2.18. The highest BCUT2D eigenvalue weighted by molar-refractivity contribution is 6.03. The van der Waals surface area contributed by atoms with Crippen LogP contribution in [0.3, 0.4) is 0 Å². The van der Waals surface area contributed by atoms with Crippen molar-refractivity contribution < 1.29 is 9.32 Å². The van der Waals surface area contributed by atoms with Gasteiger partial charge in [-0.05, 0) is 38.1 Å². The van der Waals surface area contributed by atoms with Gasteiger partial charge in [-0.1, -0.05) is 11.2 Å². The van der Waals surface area contributed by atoms with E-state index in [0.717, 1.165) is 25.9 Å². The number of aromatic nitrogens is 4. The van der Waals surface area contributed by atoms with Crippen LogP contribution in [0.1, 0.15) is 29.4 Å². The number of nitrogens with zero attached hydrogens (tertiary/aromatic N) is 4. The van der Waals surface area contributed by atoms with Crippen molar-refractivity contribution in [2.24, 2.45) is 0 Å². The van der Waals surface area contributed by atoms with Crippen molar-refractivity contribution >= 4 is 11.6 Å². The van der Waals surface area contributed by atoms with Crippen LogP contribution < -0.4 is 10.6 Å². The van der Waals surface area contributed by atoms with E-state index >= 15 is 0 Å². The summed E-state index contributed by atoms with van der Waals surface area (Å²) in [6.07, 6.45) is 7.23. The minimum absolute atomic E-state index is 0.204. The van der Waals surface area contributed by atoms with Crippen LogP contribution in [0.15, 0.2) is 47.4 Å². The lowest BCUT2D eigenvalue weighted by atomic mass is 10.1. The number of hydrogen-bond donors (Lipinski definition) is 2. The van der Waals surface area contributed by atoms with E-state index in [1.54, 1.807) is 24.5 Å². The molecule has 0 saturated carbocycles. The Morgan fingerprint density at radius 1 is 1.32 bits per heavy atom. The minimum Gasteiger partial charge on any atom is -0.354 e. The van der Waals surface area contributed by atoms with E-state index in [4.69, 9.17) is 4.52 Å². The number of amides is 1. The van der Waals surface area contributed by atoms with Gasteiger partial charge < -0.3 is 15.2 Å². The molecule has 8 heteroatoms. The molecule has 2 N–H and O–H groups in total. The molecule has 1 fully saturated rings. The zero-order valence-electron chi connectivity index (χ0n) is 13.6. The summed E-state index contributed by atoms with van der Waals surface area (Å²) in [5, 5.41) is 14.3. The Balaban J connectivity index is 1.44. The van der Waals surface area contributed by atoms with Gasteiger partial charge in [0.25, 0.3) is 5.91 Å². The molecule has 0 bridgehead atoms. The smallest absolute Gasteiger partial charge is 0.277 e. The van der Waals surface area contributed by atoms with Crippen molar-refractivity contribution in [3.8, 4) is 11.5 Å². The van der Waals surface area contributed by atoms with Crippen LogP contribution in [0.4, 0.5) is 5.69 Å². The number of anilines is 1. The molecule has 4 rings (SSSR count). The molecule has 3 aromatic rings. The van der Waals surface area contributed by atoms with Crippen LogP contribution in [-0.2, 0) is 0 Å². The van der Waals surface area contributed by atoms with Gasteiger partial charge in [0.2, 0.25) is 0 Å². The van der Waals surface area contributed by atoms with Crippen LogP contribution >= 0.6 is 0 Å². The molecular formula is C17H18N6O2. The van der Waals surface area contributed by atoms with Gasteiger partial charge in [0.05, 0.1) is 17.9 Å². The Kier molecular flexibility index (Phi) is 4.26. The molecule has 0 aliphatic carbocycles. The van der Waals surface area contributed by atoms with Crippen LogP contribution in [0.5, 0.6) is 0 Å². The number of rotatable bonds is 4. The highest BCUT2D eigenvalue weighted by Crippen LogP contribution is 2.21. The number of hydrogen-bond acceptors (Lipinski definition) is 6. The molecule has 1 aliphatic heterocycles. The van der Waals surface area contributed by atoms with E-state index in [-0.39, 0.29) is 11.6 Å². The monoisotopic (exact) mass is 338 g/mol. The quantitative estimate of drug-likeness (QED) is 0.756. The lowest BCUT2D eigenvalue weighted by Crippen LogP contribution is -2.29. The first kappa shape index (κ1) is 15.5. The average molecular weight is 338 g/mol. The van der Waals surface area contributed by atoms with Crippen molar-refractivity contribution in [2.75, 3.05) is 18.4 Å². The van der Waals surface area contributed by atoms with E-state index < -0.39 is 0 Å². The third-order valence-corrected chi connectivity index (χ3v) is 4.20. The molecule has 1 aliphatic rings. The Labute approximate surface area is 144 Å². The molecule has 8 nitrogen and oxygen atoms in total. The number of carbonyl (C=O) groups excluding carboxylic acids is 1. The molecule has 0 atom stereocenters. The van der Waals surface area contributed by atoms with Crippen LogP contribution in [0.25, 0.3) is 11.5 Å². The van der Waals surface area contributed by atoms with Gasteiger partial charge in [0.15, 0.2) is 11.5 Å². The lowest BCUT2D eigenvalue weighted by molar-refractivity contribution is 0.101. The predicted molar refractivity (Wildman–Crippen MR) is 91.1 cm³/mol. The molecular weight excluding hydrogens is 320 g/mol. The summed E-state index contributed by atoms with van der Waals surface area (Å²) in [6.45, 7) is 1.98. The second-order valence-corrected chi connectivity index (χ2v) is 5.94. The van der Waals surface area contributed by atoms with Crippen molar-refractivity contribution in [3.05, 3.63) is 48.5 Å². The van der Waals surface area contributed by atoms with Crippen LogP contribution in [0, 0.1) is 0 Å². The van der Waals surface area contributed by atoms with Gasteiger partial charge >= 0.3 is 0 Å². The van der Waals surface area contributed by atoms with Crippen LogP contribution in [-0.4, -0.2) is 38.9 Å². The topological polar surface area (TPSA) is 97.9 Å². The molecule has 0 aromatic carbocycles. The van der Waals surface area contributed by atoms with Gasteiger partial charge in [-0.25, -0.2) is 0 Å². The largest absolute Gasteiger partial charge is 0.354 e. The fourth-order valence-electron chi connectivity index (χ4n) is 2.88. The van der Waals surface area contributed by atoms with Gasteiger partial charge in [-0.15, -0.1) is 0 Å². The molecule has 128 valence electrons. The maximum absolute atomic E-state index is 12.3. The fraction of sp³-hybridized carbons (Fsp3) is 0.294. The second kappa shape index (κ2) is 6.86. The molecule has 4 heterocycles. The normalized spacial score (nSPS) is 15.2. The summed E-state index contributed by atoms with van der Waals surface area (Å²) in [4.78, 5) is 16.5. The Hall–Kier alpha value is -3.00. The molecule has 1 saturated heterocycles. The van der Waals surface area contributed by atoms with E-state index in [1.807, 2.05) is 23.0 Å². The molecule has 0 radical (unpaired) electrons. The summed E-state index contributed by atoms with van der Waals surface area (Å²) in [5.41, 5.74) is 1.48. The first-order valence-electron chi connectivity index (χ1n) is 8.24. The Morgan fingerprint density at radius 2 is 2.20 bits per heavy atom. The van der Waals surface area contributed by atoms with Gasteiger partial charge in [-0.2, -0.15) is 5.10 Å². The average Bonchev–Trinajstić information content (AvgIpc) is 3.33. The number of nitrogens with one attached hydrogen (secondary N) is 2. The van der Waals surface area contributed by atoms with Crippen molar-refractivity contribution in [3.63, 3.8) is 0 Å². The second-order valence-electron chi connectivity index (χ2n) is 5.94.